The third kappa shape index (κ3) is 1.87. The summed E-state index contributed by atoms with van der Waals surface area (Å²) < 4.78 is 0. The quantitative estimate of drug-likeness (QED) is 0.899. The average molecular weight is 271 g/mol. The summed E-state index contributed by atoms with van der Waals surface area (Å²) in [6, 6.07) is 8.51. The van der Waals surface area contributed by atoms with Gasteiger partial charge in [-0.3, -0.25) is 9.69 Å². The number of rotatable bonds is 2. The smallest absolute Gasteiger partial charge is 0.321 e. The molecule has 0 amide bonds. The van der Waals surface area contributed by atoms with Gasteiger partial charge in [-0.05, 0) is 48.6 Å². The SMILES string of the molecule is O=C(O)C1Cc2ccccc2CN1C1CC2CCC1C2. The monoisotopic (exact) mass is 271 g/mol. The van der Waals surface area contributed by atoms with E-state index in [1.807, 2.05) is 6.07 Å². The molecule has 4 rings (SSSR count). The van der Waals surface area contributed by atoms with Gasteiger partial charge in [0.2, 0.25) is 0 Å². The first kappa shape index (κ1) is 12.4. The molecule has 1 aromatic carbocycles. The fourth-order valence-corrected chi connectivity index (χ4v) is 4.74. The zero-order valence-corrected chi connectivity index (χ0v) is 11.7. The number of benzene rings is 1. The van der Waals surface area contributed by atoms with Crippen LogP contribution in [-0.4, -0.2) is 28.1 Å². The van der Waals surface area contributed by atoms with E-state index in [-0.39, 0.29) is 6.04 Å². The van der Waals surface area contributed by atoms with Crippen LogP contribution in [0.25, 0.3) is 0 Å². The average Bonchev–Trinajstić information content (AvgIpc) is 3.08. The Morgan fingerprint density at radius 1 is 1.15 bits per heavy atom. The number of carboxylic acids is 1. The maximum Gasteiger partial charge on any atom is 0.321 e. The van der Waals surface area contributed by atoms with Crippen molar-refractivity contribution in [2.45, 2.75) is 50.7 Å². The molecule has 1 aliphatic heterocycles. The fourth-order valence-electron chi connectivity index (χ4n) is 4.74. The minimum absolute atomic E-state index is 0.325. The molecule has 0 aromatic heterocycles. The van der Waals surface area contributed by atoms with Crippen LogP contribution in [0.3, 0.4) is 0 Å². The predicted octanol–water partition coefficient (Wildman–Crippen LogP) is 2.69. The minimum atomic E-state index is -0.651. The number of carboxylic acid groups (broad SMARTS) is 1. The van der Waals surface area contributed by atoms with Gasteiger partial charge in [0.25, 0.3) is 0 Å². The maximum atomic E-state index is 11.7. The summed E-state index contributed by atoms with van der Waals surface area (Å²) in [6.07, 6.45) is 5.88. The molecule has 2 fully saturated rings. The maximum absolute atomic E-state index is 11.7. The Morgan fingerprint density at radius 2 is 1.95 bits per heavy atom. The first-order chi connectivity index (χ1) is 9.72. The molecule has 3 nitrogen and oxygen atoms in total. The van der Waals surface area contributed by atoms with E-state index in [0.717, 1.165) is 18.4 Å². The molecule has 4 unspecified atom stereocenters. The van der Waals surface area contributed by atoms with E-state index in [9.17, 15) is 9.90 Å². The predicted molar refractivity (Wildman–Crippen MR) is 76.3 cm³/mol. The summed E-state index contributed by atoms with van der Waals surface area (Å²) in [5.74, 6) is 0.950. The van der Waals surface area contributed by atoms with Gasteiger partial charge in [0, 0.05) is 12.6 Å². The summed E-state index contributed by atoms with van der Waals surface area (Å²) in [6.45, 7) is 0.820. The molecular weight excluding hydrogens is 250 g/mol. The topological polar surface area (TPSA) is 40.5 Å². The van der Waals surface area contributed by atoms with Gasteiger partial charge in [0.1, 0.15) is 6.04 Å². The Kier molecular flexibility index (Phi) is 2.84. The van der Waals surface area contributed by atoms with Crippen molar-refractivity contribution in [2.24, 2.45) is 11.8 Å². The molecule has 3 heteroatoms. The molecule has 1 N–H and O–H groups in total. The van der Waals surface area contributed by atoms with Gasteiger partial charge in [-0.1, -0.05) is 30.7 Å². The first-order valence-electron chi connectivity index (χ1n) is 7.77. The van der Waals surface area contributed by atoms with Crippen LogP contribution in [-0.2, 0) is 17.8 Å². The van der Waals surface area contributed by atoms with E-state index >= 15 is 0 Å². The van der Waals surface area contributed by atoms with Crippen LogP contribution in [0.15, 0.2) is 24.3 Å². The second kappa shape index (κ2) is 4.59. The van der Waals surface area contributed by atoms with E-state index < -0.39 is 5.97 Å². The molecule has 2 bridgehead atoms. The van der Waals surface area contributed by atoms with E-state index in [2.05, 4.69) is 23.1 Å². The lowest BCUT2D eigenvalue weighted by molar-refractivity contribution is -0.145. The molecule has 20 heavy (non-hydrogen) atoms. The van der Waals surface area contributed by atoms with Crippen molar-refractivity contribution in [1.29, 1.82) is 0 Å². The Hall–Kier alpha value is -1.35. The Balaban J connectivity index is 1.65. The molecule has 1 aromatic rings. The largest absolute Gasteiger partial charge is 0.480 e. The van der Waals surface area contributed by atoms with Crippen molar-refractivity contribution in [3.05, 3.63) is 35.4 Å². The van der Waals surface area contributed by atoms with Gasteiger partial charge < -0.3 is 5.11 Å². The summed E-state index contributed by atoms with van der Waals surface area (Å²) in [5.41, 5.74) is 2.55. The molecule has 2 saturated carbocycles. The highest BCUT2D eigenvalue weighted by atomic mass is 16.4. The number of hydrogen-bond acceptors (Lipinski definition) is 2. The summed E-state index contributed by atoms with van der Waals surface area (Å²) in [7, 11) is 0. The van der Waals surface area contributed by atoms with Crippen molar-refractivity contribution in [2.75, 3.05) is 0 Å². The number of nitrogens with zero attached hydrogens (tertiary/aromatic N) is 1. The van der Waals surface area contributed by atoms with Crippen LogP contribution in [0.2, 0.25) is 0 Å². The van der Waals surface area contributed by atoms with Crippen LogP contribution in [0.5, 0.6) is 0 Å². The lowest BCUT2D eigenvalue weighted by atomic mass is 9.87. The zero-order chi connectivity index (χ0) is 13.7. The van der Waals surface area contributed by atoms with Crippen LogP contribution in [0.4, 0.5) is 0 Å². The minimum Gasteiger partial charge on any atom is -0.480 e. The van der Waals surface area contributed by atoms with Crippen LogP contribution in [0, 0.1) is 11.8 Å². The van der Waals surface area contributed by atoms with Crippen LogP contribution < -0.4 is 0 Å². The molecule has 106 valence electrons. The van der Waals surface area contributed by atoms with E-state index in [1.54, 1.807) is 0 Å². The second-order valence-corrected chi connectivity index (χ2v) is 6.74. The Bertz CT molecular complexity index is 542. The summed E-state index contributed by atoms with van der Waals surface area (Å²) in [5, 5.41) is 9.62. The van der Waals surface area contributed by atoms with E-state index in [4.69, 9.17) is 0 Å². The van der Waals surface area contributed by atoms with Crippen molar-refractivity contribution in [1.82, 2.24) is 4.90 Å². The lowest BCUT2D eigenvalue weighted by Crippen LogP contribution is -2.52. The summed E-state index contributed by atoms with van der Waals surface area (Å²) >= 11 is 0. The zero-order valence-electron chi connectivity index (χ0n) is 11.7. The third-order valence-electron chi connectivity index (χ3n) is 5.70. The highest BCUT2D eigenvalue weighted by molar-refractivity contribution is 5.74. The fraction of sp³-hybridized carbons (Fsp3) is 0.588. The highest BCUT2D eigenvalue weighted by Crippen LogP contribution is 2.48. The molecule has 3 aliphatic rings. The van der Waals surface area contributed by atoms with Crippen molar-refractivity contribution in [3.8, 4) is 0 Å². The van der Waals surface area contributed by atoms with Crippen LogP contribution >= 0.6 is 0 Å². The normalized spacial score (nSPS) is 36.0. The number of fused-ring (bicyclic) bond motifs is 3. The summed E-state index contributed by atoms with van der Waals surface area (Å²) in [4.78, 5) is 14.0. The van der Waals surface area contributed by atoms with Crippen LogP contribution in [0.1, 0.15) is 36.8 Å². The second-order valence-electron chi connectivity index (χ2n) is 6.74. The lowest BCUT2D eigenvalue weighted by Gasteiger charge is -2.41. The molecule has 0 radical (unpaired) electrons. The number of carbonyl (C=O) groups is 1. The van der Waals surface area contributed by atoms with Gasteiger partial charge in [0.15, 0.2) is 0 Å². The molecule has 4 atom stereocenters. The van der Waals surface area contributed by atoms with E-state index in [1.165, 1.54) is 36.8 Å². The van der Waals surface area contributed by atoms with Crippen molar-refractivity contribution < 1.29 is 9.90 Å². The highest BCUT2D eigenvalue weighted by Gasteiger charge is 2.46. The van der Waals surface area contributed by atoms with E-state index in [0.29, 0.717) is 12.5 Å². The standard InChI is InChI=1S/C17H21NO2/c19-17(20)16-9-12-3-1-2-4-14(12)10-18(16)15-8-11-5-6-13(15)7-11/h1-4,11,13,15-16H,5-10H2,(H,19,20). The third-order valence-corrected chi connectivity index (χ3v) is 5.70. The molecule has 2 aliphatic carbocycles. The molecule has 0 saturated heterocycles. The molecule has 0 spiro atoms. The number of aliphatic carboxylic acids is 1. The van der Waals surface area contributed by atoms with Gasteiger partial charge in [0.05, 0.1) is 0 Å². The van der Waals surface area contributed by atoms with Gasteiger partial charge in [-0.25, -0.2) is 0 Å². The van der Waals surface area contributed by atoms with Gasteiger partial charge in [-0.15, -0.1) is 0 Å². The molecule has 1 heterocycles. The number of hydrogen-bond donors (Lipinski definition) is 1. The Labute approximate surface area is 119 Å². The van der Waals surface area contributed by atoms with Crippen molar-refractivity contribution in [3.63, 3.8) is 0 Å². The molecular formula is C17H21NO2. The van der Waals surface area contributed by atoms with Crippen molar-refractivity contribution >= 4 is 5.97 Å². The first-order valence-corrected chi connectivity index (χ1v) is 7.77. The Morgan fingerprint density at radius 3 is 2.60 bits per heavy atom. The van der Waals surface area contributed by atoms with Gasteiger partial charge in [-0.2, -0.15) is 0 Å². The van der Waals surface area contributed by atoms with Gasteiger partial charge >= 0.3 is 5.97 Å².